The van der Waals surface area contributed by atoms with Crippen LogP contribution in [-0.2, 0) is 13.1 Å². The van der Waals surface area contributed by atoms with Crippen molar-refractivity contribution in [1.82, 2.24) is 24.3 Å². The number of aromatic nitrogens is 5. The summed E-state index contributed by atoms with van der Waals surface area (Å²) < 4.78 is 21.7. The van der Waals surface area contributed by atoms with Gasteiger partial charge in [0.05, 0.1) is 11.9 Å². The topological polar surface area (TPSA) is 95.8 Å². The van der Waals surface area contributed by atoms with Crippen molar-refractivity contribution in [3.05, 3.63) is 85.8 Å². The number of rotatable bonds is 5. The highest BCUT2D eigenvalue weighted by Crippen LogP contribution is 2.21. The molecule has 0 saturated heterocycles. The van der Waals surface area contributed by atoms with Gasteiger partial charge in [0, 0.05) is 11.2 Å². The van der Waals surface area contributed by atoms with Gasteiger partial charge in [-0.25, -0.2) is 19.2 Å². The molecule has 10 heteroatoms. The zero-order chi connectivity index (χ0) is 20.5. The van der Waals surface area contributed by atoms with Crippen LogP contribution >= 0.6 is 11.6 Å². The number of fused-ring (bicyclic) bond motifs is 1. The van der Waals surface area contributed by atoms with Gasteiger partial charge in [-0.05, 0) is 36.2 Å². The van der Waals surface area contributed by atoms with E-state index >= 15 is 0 Å². The van der Waals surface area contributed by atoms with E-state index < -0.39 is 11.9 Å². The average molecular weight is 416 g/mol. The van der Waals surface area contributed by atoms with Crippen molar-refractivity contribution in [2.75, 3.05) is 0 Å². The number of nitrogens with zero attached hydrogens (tertiary/aromatic N) is 5. The van der Waals surface area contributed by atoms with Crippen LogP contribution in [0.3, 0.4) is 0 Å². The maximum atomic E-state index is 14.5. The fraction of sp³-hybridized carbons (Fsp3) is 0.211. The van der Waals surface area contributed by atoms with Gasteiger partial charge in [0.2, 0.25) is 5.89 Å². The predicted octanol–water partition coefficient (Wildman–Crippen LogP) is 2.66. The van der Waals surface area contributed by atoms with E-state index in [1.165, 1.54) is 23.0 Å². The van der Waals surface area contributed by atoms with E-state index in [1.54, 1.807) is 31.3 Å². The molecule has 0 spiro atoms. The summed E-state index contributed by atoms with van der Waals surface area (Å²) >= 11 is 5.80. The molecule has 29 heavy (non-hydrogen) atoms. The Hall–Kier alpha value is -3.33. The maximum Gasteiger partial charge on any atom is 0.437 e. The van der Waals surface area contributed by atoms with Gasteiger partial charge in [-0.1, -0.05) is 23.7 Å². The van der Waals surface area contributed by atoms with E-state index in [-0.39, 0.29) is 24.5 Å². The molecule has 1 atom stereocenters. The lowest BCUT2D eigenvalue weighted by Gasteiger charge is -2.07. The molecular formula is C19H15ClFN5O3. The molecule has 0 amide bonds. The third-order valence-electron chi connectivity index (χ3n) is 4.45. The molecule has 1 unspecified atom stereocenters. The molecule has 0 N–H and O–H groups in total. The summed E-state index contributed by atoms with van der Waals surface area (Å²) in [6.07, 6.45) is 1.41. The monoisotopic (exact) mass is 415 g/mol. The smallest absolute Gasteiger partial charge is 0.390 e. The molecule has 3 aromatic heterocycles. The number of hydrogen-bond donors (Lipinski definition) is 0. The normalized spacial score (nSPS) is 12.4. The average Bonchev–Trinajstić information content (AvgIpc) is 3.03. The second kappa shape index (κ2) is 7.59. The summed E-state index contributed by atoms with van der Waals surface area (Å²) in [7, 11) is 0. The highest BCUT2D eigenvalue weighted by atomic mass is 35.5. The molecule has 0 bridgehead atoms. The van der Waals surface area contributed by atoms with Crippen LogP contribution in [0.25, 0.3) is 11.0 Å². The molecule has 0 saturated carbocycles. The third kappa shape index (κ3) is 3.81. The van der Waals surface area contributed by atoms with Crippen molar-refractivity contribution < 1.29 is 8.81 Å². The van der Waals surface area contributed by atoms with E-state index in [0.29, 0.717) is 21.6 Å². The van der Waals surface area contributed by atoms with Gasteiger partial charge >= 0.3 is 5.76 Å². The summed E-state index contributed by atoms with van der Waals surface area (Å²) in [6, 6.07) is 7.92. The Balaban J connectivity index is 1.59. The first-order valence-corrected chi connectivity index (χ1v) is 9.07. The zero-order valence-corrected chi connectivity index (χ0v) is 16.0. The maximum absolute atomic E-state index is 14.5. The number of pyridine rings is 1. The molecule has 4 aromatic rings. The van der Waals surface area contributed by atoms with E-state index in [0.717, 1.165) is 10.2 Å². The molecule has 4 rings (SSSR count). The second-order valence-corrected chi connectivity index (χ2v) is 6.90. The quantitative estimate of drug-likeness (QED) is 0.497. The summed E-state index contributed by atoms with van der Waals surface area (Å²) in [5, 5.41) is 4.87. The molecule has 8 nitrogen and oxygen atoms in total. The molecule has 0 fully saturated rings. The van der Waals surface area contributed by atoms with Crippen molar-refractivity contribution >= 4 is 22.6 Å². The van der Waals surface area contributed by atoms with Crippen molar-refractivity contribution in [2.45, 2.75) is 26.2 Å². The van der Waals surface area contributed by atoms with Gasteiger partial charge in [-0.15, -0.1) is 5.10 Å². The molecule has 1 aromatic carbocycles. The van der Waals surface area contributed by atoms with Crippen molar-refractivity contribution in [3.63, 3.8) is 0 Å². The minimum absolute atomic E-state index is 0.0249. The highest BCUT2D eigenvalue weighted by Gasteiger charge is 2.17. The summed E-state index contributed by atoms with van der Waals surface area (Å²) in [5.74, 6) is -0.834. The SMILES string of the molecule is Cc1ccnc2ncn(Cc3nn(CC(F)c4ccc(Cl)cc4)c(=O)o3)c(=O)c12. The Bertz CT molecular complexity index is 1300. The number of hydrogen-bond acceptors (Lipinski definition) is 6. The lowest BCUT2D eigenvalue weighted by atomic mass is 10.1. The van der Waals surface area contributed by atoms with Crippen LogP contribution < -0.4 is 11.3 Å². The summed E-state index contributed by atoms with van der Waals surface area (Å²) in [4.78, 5) is 32.9. The molecule has 3 heterocycles. The Morgan fingerprint density at radius 2 is 1.93 bits per heavy atom. The van der Waals surface area contributed by atoms with Gasteiger partial charge in [0.1, 0.15) is 19.0 Å². The van der Waals surface area contributed by atoms with E-state index in [9.17, 15) is 14.0 Å². The molecule has 148 valence electrons. The van der Waals surface area contributed by atoms with E-state index in [2.05, 4.69) is 15.1 Å². The van der Waals surface area contributed by atoms with Gasteiger partial charge in [-0.3, -0.25) is 9.36 Å². The number of benzene rings is 1. The van der Waals surface area contributed by atoms with Gasteiger partial charge in [-0.2, -0.15) is 4.68 Å². The molecule has 0 aliphatic rings. The Morgan fingerprint density at radius 1 is 1.17 bits per heavy atom. The zero-order valence-electron chi connectivity index (χ0n) is 15.2. The first-order valence-electron chi connectivity index (χ1n) is 8.69. The molecular weight excluding hydrogens is 401 g/mol. The van der Waals surface area contributed by atoms with Gasteiger partial charge < -0.3 is 4.42 Å². The van der Waals surface area contributed by atoms with Crippen LogP contribution in [0.2, 0.25) is 5.02 Å². The highest BCUT2D eigenvalue weighted by molar-refractivity contribution is 6.30. The lowest BCUT2D eigenvalue weighted by molar-refractivity contribution is 0.283. The summed E-state index contributed by atoms with van der Waals surface area (Å²) in [5.41, 5.74) is 1.10. The first-order chi connectivity index (χ1) is 13.9. The molecule has 0 aliphatic heterocycles. The molecule has 0 radical (unpaired) electrons. The van der Waals surface area contributed by atoms with Crippen molar-refractivity contribution in [3.8, 4) is 0 Å². The van der Waals surface area contributed by atoms with Crippen molar-refractivity contribution in [2.24, 2.45) is 0 Å². The summed E-state index contributed by atoms with van der Waals surface area (Å²) in [6.45, 7) is 1.35. The van der Waals surface area contributed by atoms with Crippen molar-refractivity contribution in [1.29, 1.82) is 0 Å². The standard InChI is InChI=1S/C19H15ClFN5O3/c1-11-6-7-22-17-16(11)18(27)25(10-23-17)9-15-24-26(19(28)29-15)8-14(21)12-2-4-13(20)5-3-12/h2-7,10,14H,8-9H2,1H3. The number of aryl methyl sites for hydroxylation is 1. The minimum Gasteiger partial charge on any atom is -0.390 e. The molecule has 0 aliphatic carbocycles. The van der Waals surface area contributed by atoms with Crippen LogP contribution in [-0.4, -0.2) is 24.3 Å². The van der Waals surface area contributed by atoms with Crippen LogP contribution in [0.1, 0.15) is 23.2 Å². The fourth-order valence-electron chi connectivity index (χ4n) is 2.94. The van der Waals surface area contributed by atoms with Crippen LogP contribution in [0.15, 0.2) is 56.9 Å². The lowest BCUT2D eigenvalue weighted by Crippen LogP contribution is -2.22. The van der Waals surface area contributed by atoms with E-state index in [1.807, 2.05) is 0 Å². The third-order valence-corrected chi connectivity index (χ3v) is 4.70. The number of halogens is 2. The predicted molar refractivity (Wildman–Crippen MR) is 104 cm³/mol. The second-order valence-electron chi connectivity index (χ2n) is 6.47. The first kappa shape index (κ1) is 19.0. The van der Waals surface area contributed by atoms with Crippen LogP contribution in [0.5, 0.6) is 0 Å². The van der Waals surface area contributed by atoms with E-state index in [4.69, 9.17) is 16.0 Å². The Kier molecular flexibility index (Phi) is 4.98. The fourth-order valence-corrected chi connectivity index (χ4v) is 3.07. The Labute approximate surface area is 168 Å². The van der Waals surface area contributed by atoms with Crippen LogP contribution in [0, 0.1) is 6.92 Å². The Morgan fingerprint density at radius 3 is 2.69 bits per heavy atom. The number of alkyl halides is 1. The van der Waals surface area contributed by atoms with Gasteiger partial charge in [0.15, 0.2) is 5.65 Å². The van der Waals surface area contributed by atoms with Crippen LogP contribution in [0.4, 0.5) is 4.39 Å². The largest absolute Gasteiger partial charge is 0.437 e. The van der Waals surface area contributed by atoms with Gasteiger partial charge in [0.25, 0.3) is 5.56 Å². The minimum atomic E-state index is -1.47.